The minimum absolute atomic E-state index is 0.0729. The summed E-state index contributed by atoms with van der Waals surface area (Å²) in [6, 6.07) is 0. The maximum Gasteiger partial charge on any atom is 0.305 e. The van der Waals surface area contributed by atoms with Crippen molar-refractivity contribution >= 4 is 5.97 Å². The molecule has 0 unspecified atom stereocenters. The van der Waals surface area contributed by atoms with Crippen molar-refractivity contribution < 1.29 is 9.53 Å². The van der Waals surface area contributed by atoms with Gasteiger partial charge in [0.25, 0.3) is 0 Å². The van der Waals surface area contributed by atoms with E-state index < -0.39 is 0 Å². The van der Waals surface area contributed by atoms with Gasteiger partial charge >= 0.3 is 5.97 Å². The summed E-state index contributed by atoms with van der Waals surface area (Å²) in [5, 5.41) is 0. The number of ether oxygens (including phenoxy) is 1. The summed E-state index contributed by atoms with van der Waals surface area (Å²) in [6.45, 7) is 4.60. The molecule has 1 atom stereocenters. The first kappa shape index (κ1) is 15.5. The molecule has 0 rings (SSSR count). The van der Waals surface area contributed by atoms with Gasteiger partial charge in [0.15, 0.2) is 0 Å². The third-order valence-electron chi connectivity index (χ3n) is 3.11. The molecule has 0 aromatic rings. The van der Waals surface area contributed by atoms with Crippen LogP contribution in [-0.2, 0) is 9.53 Å². The van der Waals surface area contributed by atoms with E-state index in [1.165, 1.54) is 45.6 Å². The molecular weight excluding hydrogens is 200 g/mol. The van der Waals surface area contributed by atoms with Crippen LogP contribution in [0.1, 0.15) is 71.6 Å². The van der Waals surface area contributed by atoms with Gasteiger partial charge < -0.3 is 4.74 Å². The number of hydrogen-bond acceptors (Lipinski definition) is 2. The number of hydrogen-bond donors (Lipinski definition) is 0. The normalized spacial score (nSPS) is 12.4. The molecule has 0 N–H and O–H groups in total. The molecule has 16 heavy (non-hydrogen) atoms. The van der Waals surface area contributed by atoms with Crippen molar-refractivity contribution in [1.29, 1.82) is 0 Å². The fraction of sp³-hybridized carbons (Fsp3) is 0.929. The summed E-state index contributed by atoms with van der Waals surface area (Å²) in [4.78, 5) is 10.8. The van der Waals surface area contributed by atoms with Crippen molar-refractivity contribution in [3.05, 3.63) is 0 Å². The molecule has 0 aromatic heterocycles. The zero-order chi connectivity index (χ0) is 12.2. The Kier molecular flexibility index (Phi) is 10.6. The number of carbonyl (C=O) groups excluding carboxylic acids is 1. The number of unbranched alkanes of at least 4 members (excludes halogenated alkanes) is 4. The van der Waals surface area contributed by atoms with E-state index in [1.807, 2.05) is 0 Å². The Morgan fingerprint density at radius 2 is 1.69 bits per heavy atom. The molecule has 0 spiro atoms. The topological polar surface area (TPSA) is 26.3 Å². The van der Waals surface area contributed by atoms with Gasteiger partial charge in [0, 0.05) is 6.42 Å². The van der Waals surface area contributed by atoms with Gasteiger partial charge in [-0.15, -0.1) is 0 Å². The largest absolute Gasteiger partial charge is 0.469 e. The third-order valence-corrected chi connectivity index (χ3v) is 3.11. The first-order chi connectivity index (χ1) is 7.70. The highest BCUT2D eigenvalue weighted by Gasteiger charge is 2.02. The summed E-state index contributed by atoms with van der Waals surface area (Å²) in [5.74, 6) is 0.803. The van der Waals surface area contributed by atoms with Gasteiger partial charge in [-0.2, -0.15) is 0 Å². The van der Waals surface area contributed by atoms with E-state index in [1.54, 1.807) is 0 Å². The van der Waals surface area contributed by atoms with Crippen LogP contribution in [0.25, 0.3) is 0 Å². The Bertz CT molecular complexity index is 166. The second-order valence-electron chi connectivity index (χ2n) is 4.78. The maximum atomic E-state index is 10.8. The molecule has 0 bridgehead atoms. The number of methoxy groups -OCH3 is 1. The first-order valence-electron chi connectivity index (χ1n) is 6.77. The molecule has 0 aliphatic carbocycles. The monoisotopic (exact) mass is 228 g/mol. The van der Waals surface area contributed by atoms with E-state index in [-0.39, 0.29) is 5.97 Å². The fourth-order valence-electron chi connectivity index (χ4n) is 1.91. The predicted molar refractivity (Wildman–Crippen MR) is 68.4 cm³/mol. The van der Waals surface area contributed by atoms with E-state index in [0.717, 1.165) is 18.8 Å². The zero-order valence-electron chi connectivity index (χ0n) is 11.3. The molecule has 0 aliphatic heterocycles. The van der Waals surface area contributed by atoms with Gasteiger partial charge in [-0.25, -0.2) is 0 Å². The number of rotatable bonds is 10. The van der Waals surface area contributed by atoms with Crippen LogP contribution in [0, 0.1) is 5.92 Å². The average Bonchev–Trinajstić information content (AvgIpc) is 2.30. The highest BCUT2D eigenvalue weighted by Crippen LogP contribution is 2.16. The SMILES string of the molecule is CCCC[C@H](C)CCCCCCC(=O)OC. The Morgan fingerprint density at radius 1 is 1.06 bits per heavy atom. The Morgan fingerprint density at radius 3 is 2.31 bits per heavy atom. The molecule has 0 radical (unpaired) electrons. The van der Waals surface area contributed by atoms with Crippen LogP contribution in [0.2, 0.25) is 0 Å². The standard InChI is InChI=1S/C14H28O2/c1-4-5-10-13(2)11-8-6-7-9-12-14(15)16-3/h13H,4-12H2,1-3H3/t13-/m0/s1. The van der Waals surface area contributed by atoms with Crippen molar-refractivity contribution in [2.75, 3.05) is 7.11 Å². The summed E-state index contributed by atoms with van der Waals surface area (Å²) < 4.78 is 4.60. The highest BCUT2D eigenvalue weighted by atomic mass is 16.5. The summed E-state index contributed by atoms with van der Waals surface area (Å²) in [6.07, 6.45) is 10.7. The third kappa shape index (κ3) is 10.0. The lowest BCUT2D eigenvalue weighted by Crippen LogP contribution is -1.99. The Labute approximate surface area is 101 Å². The Hall–Kier alpha value is -0.530. The molecule has 0 aromatic carbocycles. The van der Waals surface area contributed by atoms with E-state index in [4.69, 9.17) is 0 Å². The molecule has 2 nitrogen and oxygen atoms in total. The molecule has 0 saturated carbocycles. The number of esters is 1. The molecule has 0 fully saturated rings. The van der Waals surface area contributed by atoms with Crippen molar-refractivity contribution in [2.45, 2.75) is 71.6 Å². The van der Waals surface area contributed by atoms with Crippen LogP contribution < -0.4 is 0 Å². The first-order valence-corrected chi connectivity index (χ1v) is 6.77. The van der Waals surface area contributed by atoms with Crippen molar-refractivity contribution in [3.63, 3.8) is 0 Å². The van der Waals surface area contributed by atoms with Gasteiger partial charge in [-0.3, -0.25) is 4.79 Å². The molecule has 0 amide bonds. The summed E-state index contributed by atoms with van der Waals surface area (Å²) >= 11 is 0. The van der Waals surface area contributed by atoms with Crippen molar-refractivity contribution in [2.24, 2.45) is 5.92 Å². The number of carbonyl (C=O) groups is 1. The van der Waals surface area contributed by atoms with Crippen LogP contribution in [0.5, 0.6) is 0 Å². The van der Waals surface area contributed by atoms with Crippen LogP contribution in [-0.4, -0.2) is 13.1 Å². The Balaban J connectivity index is 3.17. The molecule has 0 heterocycles. The van der Waals surface area contributed by atoms with Crippen molar-refractivity contribution in [3.8, 4) is 0 Å². The summed E-state index contributed by atoms with van der Waals surface area (Å²) in [7, 11) is 1.46. The van der Waals surface area contributed by atoms with Crippen molar-refractivity contribution in [1.82, 2.24) is 0 Å². The van der Waals surface area contributed by atoms with E-state index in [2.05, 4.69) is 18.6 Å². The van der Waals surface area contributed by atoms with Gasteiger partial charge in [0.1, 0.15) is 0 Å². The molecule has 0 saturated heterocycles. The minimum Gasteiger partial charge on any atom is -0.469 e. The lowest BCUT2D eigenvalue weighted by atomic mass is 9.97. The van der Waals surface area contributed by atoms with E-state index >= 15 is 0 Å². The summed E-state index contributed by atoms with van der Waals surface area (Å²) in [5.41, 5.74) is 0. The zero-order valence-corrected chi connectivity index (χ0v) is 11.3. The smallest absolute Gasteiger partial charge is 0.305 e. The molecule has 2 heteroatoms. The minimum atomic E-state index is -0.0729. The quantitative estimate of drug-likeness (QED) is 0.411. The lowest BCUT2D eigenvalue weighted by Gasteiger charge is -2.09. The maximum absolute atomic E-state index is 10.8. The predicted octanol–water partition coefficient (Wildman–Crippen LogP) is 4.33. The van der Waals surface area contributed by atoms with Gasteiger partial charge in [0.05, 0.1) is 7.11 Å². The highest BCUT2D eigenvalue weighted by molar-refractivity contribution is 5.68. The van der Waals surface area contributed by atoms with E-state index in [9.17, 15) is 4.79 Å². The van der Waals surface area contributed by atoms with Crippen LogP contribution in [0.15, 0.2) is 0 Å². The van der Waals surface area contributed by atoms with Gasteiger partial charge in [0.2, 0.25) is 0 Å². The second kappa shape index (κ2) is 11.0. The van der Waals surface area contributed by atoms with Crippen LogP contribution in [0.3, 0.4) is 0 Å². The van der Waals surface area contributed by atoms with Gasteiger partial charge in [-0.1, -0.05) is 58.8 Å². The average molecular weight is 228 g/mol. The van der Waals surface area contributed by atoms with Gasteiger partial charge in [-0.05, 0) is 12.3 Å². The van der Waals surface area contributed by atoms with Crippen LogP contribution >= 0.6 is 0 Å². The van der Waals surface area contributed by atoms with E-state index in [0.29, 0.717) is 6.42 Å². The lowest BCUT2D eigenvalue weighted by molar-refractivity contribution is -0.140. The van der Waals surface area contributed by atoms with Crippen LogP contribution in [0.4, 0.5) is 0 Å². The second-order valence-corrected chi connectivity index (χ2v) is 4.78. The fourth-order valence-corrected chi connectivity index (χ4v) is 1.91. The molecular formula is C14H28O2. The molecule has 0 aliphatic rings. The molecule has 96 valence electrons.